The fourth-order valence-corrected chi connectivity index (χ4v) is 1.55. The van der Waals surface area contributed by atoms with Crippen molar-refractivity contribution in [1.29, 1.82) is 0 Å². The number of carboxylic acid groups (broad SMARTS) is 1. The van der Waals surface area contributed by atoms with Gasteiger partial charge in [-0.15, -0.1) is 5.10 Å². The summed E-state index contributed by atoms with van der Waals surface area (Å²) in [5, 5.41) is 18.3. The molecule has 0 aliphatic heterocycles. The number of benzene rings is 1. The summed E-state index contributed by atoms with van der Waals surface area (Å²) in [6.07, 6.45) is -0.0517. The Kier molecular flexibility index (Phi) is 3.18. The minimum absolute atomic E-state index is 0.0517. The molecule has 1 aromatic carbocycles. The topological polar surface area (TPSA) is 72.3 Å². The number of hydrogen-bond acceptors (Lipinski definition) is 4. The van der Waals surface area contributed by atoms with E-state index in [1.54, 1.807) is 0 Å². The summed E-state index contributed by atoms with van der Waals surface area (Å²) in [7, 11) is 0. The quantitative estimate of drug-likeness (QED) is 0.870. The number of aryl methyl sites for hydroxylation is 1. The van der Waals surface area contributed by atoms with E-state index in [2.05, 4.69) is 10.2 Å². The molecule has 88 valence electrons. The van der Waals surface area contributed by atoms with Gasteiger partial charge in [0, 0.05) is 10.8 Å². The molecule has 0 aliphatic rings. The smallest absolute Gasteiger partial charge is 0.306 e. The second kappa shape index (κ2) is 4.78. The Morgan fingerprint density at radius 2 is 2.00 bits per heavy atom. The molecule has 0 saturated carbocycles. The Balaban J connectivity index is 2.28. The number of aliphatic carboxylic acids is 1. The molecule has 5 nitrogen and oxygen atoms in total. The summed E-state index contributed by atoms with van der Waals surface area (Å²) in [6, 6.07) is 7.61. The van der Waals surface area contributed by atoms with Crippen LogP contribution in [0.4, 0.5) is 0 Å². The van der Waals surface area contributed by atoms with Gasteiger partial charge in [-0.25, -0.2) is 0 Å². The van der Waals surface area contributed by atoms with Gasteiger partial charge in [0.25, 0.3) is 0 Å². The fourth-order valence-electron chi connectivity index (χ4n) is 1.55. The predicted molar refractivity (Wildman–Crippen MR) is 62.0 cm³/mol. The summed E-state index contributed by atoms with van der Waals surface area (Å²) >= 11 is 0. The summed E-state index contributed by atoms with van der Waals surface area (Å²) in [4.78, 5) is 10.4. The molecule has 5 heteroatoms. The van der Waals surface area contributed by atoms with Crippen molar-refractivity contribution in [2.45, 2.75) is 13.3 Å². The van der Waals surface area contributed by atoms with Crippen LogP contribution in [0.15, 0.2) is 24.3 Å². The van der Waals surface area contributed by atoms with Gasteiger partial charge in [-0.1, -0.05) is 18.2 Å². The Labute approximate surface area is 98.0 Å². The van der Waals surface area contributed by atoms with Gasteiger partial charge in [0.1, 0.15) is 6.61 Å². The maximum absolute atomic E-state index is 10.4. The van der Waals surface area contributed by atoms with Crippen molar-refractivity contribution >= 4 is 16.7 Å². The normalized spacial score (nSPS) is 10.4. The van der Waals surface area contributed by atoms with Crippen LogP contribution in [0, 0.1) is 6.92 Å². The maximum atomic E-state index is 10.4. The highest BCUT2D eigenvalue weighted by Gasteiger charge is 2.07. The molecule has 17 heavy (non-hydrogen) atoms. The first-order chi connectivity index (χ1) is 8.18. The monoisotopic (exact) mass is 232 g/mol. The number of rotatable bonds is 4. The molecule has 0 bridgehead atoms. The number of fused-ring (bicyclic) bond motifs is 1. The van der Waals surface area contributed by atoms with Gasteiger partial charge < -0.3 is 9.84 Å². The van der Waals surface area contributed by atoms with E-state index in [0.717, 1.165) is 16.5 Å². The zero-order valence-electron chi connectivity index (χ0n) is 9.38. The summed E-state index contributed by atoms with van der Waals surface area (Å²) in [6.45, 7) is 1.97. The van der Waals surface area contributed by atoms with Crippen LogP contribution in [0.3, 0.4) is 0 Å². The van der Waals surface area contributed by atoms with E-state index >= 15 is 0 Å². The third kappa shape index (κ3) is 2.50. The van der Waals surface area contributed by atoms with Crippen molar-refractivity contribution in [2.24, 2.45) is 0 Å². The molecule has 0 atom stereocenters. The molecule has 0 saturated heterocycles. The molecule has 0 amide bonds. The number of hydrogen-bond donors (Lipinski definition) is 1. The summed E-state index contributed by atoms with van der Waals surface area (Å²) in [5.74, 6) is -0.512. The highest BCUT2D eigenvalue weighted by atomic mass is 16.5. The molecular formula is C12H12N2O3. The Morgan fingerprint density at radius 1 is 1.29 bits per heavy atom. The number of ether oxygens (including phenoxy) is 1. The van der Waals surface area contributed by atoms with E-state index in [-0.39, 0.29) is 13.0 Å². The van der Waals surface area contributed by atoms with E-state index in [0.29, 0.717) is 5.88 Å². The average Bonchev–Trinajstić information content (AvgIpc) is 2.32. The van der Waals surface area contributed by atoms with E-state index in [1.165, 1.54) is 0 Å². The molecule has 1 N–H and O–H groups in total. The van der Waals surface area contributed by atoms with Crippen LogP contribution in [0.25, 0.3) is 10.8 Å². The lowest BCUT2D eigenvalue weighted by Crippen LogP contribution is -2.06. The first-order valence-corrected chi connectivity index (χ1v) is 5.25. The lowest BCUT2D eigenvalue weighted by atomic mass is 10.1. The van der Waals surface area contributed by atoms with Crippen LogP contribution in [0.1, 0.15) is 12.1 Å². The number of aromatic nitrogens is 2. The molecule has 0 fully saturated rings. The number of carboxylic acids is 1. The van der Waals surface area contributed by atoms with Crippen molar-refractivity contribution < 1.29 is 14.6 Å². The Morgan fingerprint density at radius 3 is 2.71 bits per heavy atom. The van der Waals surface area contributed by atoms with E-state index in [4.69, 9.17) is 9.84 Å². The fraction of sp³-hybridized carbons (Fsp3) is 0.250. The Hall–Kier alpha value is -2.17. The zero-order chi connectivity index (χ0) is 12.3. The lowest BCUT2D eigenvalue weighted by molar-refractivity contribution is -0.137. The van der Waals surface area contributed by atoms with Crippen molar-refractivity contribution in [3.8, 4) is 5.88 Å². The van der Waals surface area contributed by atoms with E-state index < -0.39 is 5.97 Å². The van der Waals surface area contributed by atoms with Gasteiger partial charge in [0.15, 0.2) is 0 Å². The van der Waals surface area contributed by atoms with Gasteiger partial charge in [-0.2, -0.15) is 5.10 Å². The first-order valence-electron chi connectivity index (χ1n) is 5.25. The molecule has 0 spiro atoms. The van der Waals surface area contributed by atoms with E-state index in [1.807, 2.05) is 31.2 Å². The highest BCUT2D eigenvalue weighted by molar-refractivity contribution is 5.88. The van der Waals surface area contributed by atoms with Gasteiger partial charge in [-0.05, 0) is 13.0 Å². The van der Waals surface area contributed by atoms with Crippen LogP contribution in [-0.2, 0) is 4.79 Å². The molecular weight excluding hydrogens is 220 g/mol. The van der Waals surface area contributed by atoms with Crippen molar-refractivity contribution in [3.63, 3.8) is 0 Å². The minimum Gasteiger partial charge on any atom is -0.481 e. The largest absolute Gasteiger partial charge is 0.481 e. The third-order valence-corrected chi connectivity index (χ3v) is 2.39. The molecule has 2 rings (SSSR count). The van der Waals surface area contributed by atoms with Crippen molar-refractivity contribution in [3.05, 3.63) is 30.0 Å². The second-order valence-corrected chi connectivity index (χ2v) is 3.63. The van der Waals surface area contributed by atoms with Gasteiger partial charge >= 0.3 is 5.97 Å². The SMILES string of the molecule is Cc1nnc(OCCC(=O)O)c2ccccc12. The summed E-state index contributed by atoms with van der Waals surface area (Å²) < 4.78 is 5.33. The molecule has 0 unspecified atom stereocenters. The van der Waals surface area contributed by atoms with Crippen LogP contribution < -0.4 is 4.74 Å². The second-order valence-electron chi connectivity index (χ2n) is 3.63. The third-order valence-electron chi connectivity index (χ3n) is 2.39. The Bertz CT molecular complexity index is 554. The van der Waals surface area contributed by atoms with Gasteiger partial charge in [0.05, 0.1) is 12.1 Å². The molecule has 0 aliphatic carbocycles. The molecule has 2 aromatic rings. The lowest BCUT2D eigenvalue weighted by Gasteiger charge is -2.07. The van der Waals surface area contributed by atoms with Crippen LogP contribution in [0.2, 0.25) is 0 Å². The number of nitrogens with zero attached hydrogens (tertiary/aromatic N) is 2. The van der Waals surface area contributed by atoms with Crippen LogP contribution >= 0.6 is 0 Å². The maximum Gasteiger partial charge on any atom is 0.306 e. The van der Waals surface area contributed by atoms with E-state index in [9.17, 15) is 4.79 Å². The minimum atomic E-state index is -0.894. The van der Waals surface area contributed by atoms with Crippen molar-refractivity contribution in [2.75, 3.05) is 6.61 Å². The highest BCUT2D eigenvalue weighted by Crippen LogP contribution is 2.23. The molecule has 1 aromatic heterocycles. The zero-order valence-corrected chi connectivity index (χ0v) is 9.38. The van der Waals surface area contributed by atoms with Gasteiger partial charge in [-0.3, -0.25) is 4.79 Å². The van der Waals surface area contributed by atoms with Gasteiger partial charge in [0.2, 0.25) is 5.88 Å². The first kappa shape index (κ1) is 11.3. The average molecular weight is 232 g/mol. The van der Waals surface area contributed by atoms with Crippen LogP contribution in [0.5, 0.6) is 5.88 Å². The van der Waals surface area contributed by atoms with Crippen LogP contribution in [-0.4, -0.2) is 27.9 Å². The number of carbonyl (C=O) groups is 1. The molecule has 0 radical (unpaired) electrons. The van der Waals surface area contributed by atoms with Crippen molar-refractivity contribution in [1.82, 2.24) is 10.2 Å². The molecule has 1 heterocycles. The predicted octanol–water partition coefficient (Wildman–Crippen LogP) is 1.79. The summed E-state index contributed by atoms with van der Waals surface area (Å²) in [5.41, 5.74) is 0.825. The standard InChI is InChI=1S/C12H12N2O3/c1-8-9-4-2-3-5-10(9)12(14-13-8)17-7-6-11(15)16/h2-5H,6-7H2,1H3,(H,15,16).